The van der Waals surface area contributed by atoms with Crippen LogP contribution in [0.2, 0.25) is 0 Å². The summed E-state index contributed by atoms with van der Waals surface area (Å²) in [6.07, 6.45) is -4.22. The number of carbonyl (C=O) groups is 1. The van der Waals surface area contributed by atoms with E-state index in [1.807, 2.05) is 0 Å². The first-order valence-electron chi connectivity index (χ1n) is 5.49. The van der Waals surface area contributed by atoms with Gasteiger partial charge in [0, 0.05) is 13.0 Å². The van der Waals surface area contributed by atoms with Crippen LogP contribution < -0.4 is 5.32 Å². The highest BCUT2D eigenvalue weighted by Crippen LogP contribution is 2.25. The molecule has 4 atom stereocenters. The standard InChI is InChI=1S/C9H15N3O6/c13-3-4-6(14)7(15)8(18-4)12-2-1-5(11-17)10-9(12)16/h4,6-8,13-15,17H,1-3H2,(H,10,11,16)/t4-,6-,7-,8-/m1/s1. The fourth-order valence-electron chi connectivity index (χ4n) is 2.04. The SMILES string of the molecule is O=C1N/C(=N/O)CCN1[C@@H]1O[C@H](CO)[C@@H](O)[C@H]1O. The molecule has 18 heavy (non-hydrogen) atoms. The van der Waals surface area contributed by atoms with Crippen LogP contribution in [-0.4, -0.2) is 75.0 Å². The summed E-state index contributed by atoms with van der Waals surface area (Å²) in [5.74, 6) is 0.128. The largest absolute Gasteiger partial charge is 0.409 e. The van der Waals surface area contributed by atoms with Crippen molar-refractivity contribution in [1.29, 1.82) is 0 Å². The van der Waals surface area contributed by atoms with E-state index in [9.17, 15) is 15.0 Å². The van der Waals surface area contributed by atoms with Crippen LogP contribution in [0.5, 0.6) is 0 Å². The van der Waals surface area contributed by atoms with Crippen molar-refractivity contribution in [2.75, 3.05) is 13.2 Å². The predicted molar refractivity (Wildman–Crippen MR) is 56.8 cm³/mol. The Bertz CT molecular complexity index is 362. The lowest BCUT2D eigenvalue weighted by molar-refractivity contribution is -0.0793. The van der Waals surface area contributed by atoms with Gasteiger partial charge in [-0.2, -0.15) is 0 Å². The molecule has 0 spiro atoms. The van der Waals surface area contributed by atoms with Crippen LogP contribution >= 0.6 is 0 Å². The molecular weight excluding hydrogens is 246 g/mol. The Hall–Kier alpha value is -1.42. The number of oxime groups is 1. The quantitative estimate of drug-likeness (QED) is 0.278. The molecule has 2 aliphatic heterocycles. The summed E-state index contributed by atoms with van der Waals surface area (Å²) in [5, 5.41) is 42.0. The molecule has 0 aromatic rings. The highest BCUT2D eigenvalue weighted by molar-refractivity contribution is 5.99. The maximum absolute atomic E-state index is 11.7. The Morgan fingerprint density at radius 1 is 1.44 bits per heavy atom. The molecule has 2 fully saturated rings. The molecule has 9 nitrogen and oxygen atoms in total. The number of carbonyl (C=O) groups excluding carboxylic acids is 1. The number of rotatable bonds is 2. The smallest absolute Gasteiger partial charge is 0.325 e. The minimum absolute atomic E-state index is 0.128. The van der Waals surface area contributed by atoms with E-state index in [0.29, 0.717) is 0 Å². The molecule has 9 heteroatoms. The molecule has 2 amide bonds. The van der Waals surface area contributed by atoms with E-state index in [-0.39, 0.29) is 18.8 Å². The fourth-order valence-corrected chi connectivity index (χ4v) is 2.04. The van der Waals surface area contributed by atoms with Gasteiger partial charge in [-0.25, -0.2) is 4.79 Å². The normalized spacial score (nSPS) is 39.2. The second-order valence-corrected chi connectivity index (χ2v) is 4.15. The summed E-state index contributed by atoms with van der Waals surface area (Å²) in [5.41, 5.74) is 0. The number of urea groups is 1. The van der Waals surface area contributed by atoms with E-state index < -0.39 is 37.2 Å². The highest BCUT2D eigenvalue weighted by Gasteiger charge is 2.47. The van der Waals surface area contributed by atoms with Crippen molar-refractivity contribution in [3.05, 3.63) is 0 Å². The van der Waals surface area contributed by atoms with Crippen molar-refractivity contribution in [3.8, 4) is 0 Å². The third kappa shape index (κ3) is 2.12. The molecule has 2 aliphatic rings. The van der Waals surface area contributed by atoms with E-state index in [1.54, 1.807) is 0 Å². The van der Waals surface area contributed by atoms with Crippen LogP contribution in [0.15, 0.2) is 5.16 Å². The highest BCUT2D eigenvalue weighted by atomic mass is 16.6. The average molecular weight is 261 g/mol. The lowest BCUT2D eigenvalue weighted by atomic mass is 10.1. The topological polar surface area (TPSA) is 135 Å². The van der Waals surface area contributed by atoms with Crippen molar-refractivity contribution >= 4 is 11.9 Å². The molecular formula is C9H15N3O6. The molecule has 0 bridgehead atoms. The first kappa shape index (κ1) is 13.0. The molecule has 2 heterocycles. The van der Waals surface area contributed by atoms with Gasteiger partial charge in [-0.1, -0.05) is 5.16 Å². The number of amides is 2. The van der Waals surface area contributed by atoms with Gasteiger partial charge in [0.05, 0.1) is 6.61 Å². The van der Waals surface area contributed by atoms with Gasteiger partial charge >= 0.3 is 6.03 Å². The number of nitrogens with one attached hydrogen (secondary N) is 1. The number of aliphatic hydroxyl groups excluding tert-OH is 3. The summed E-state index contributed by atoms with van der Waals surface area (Å²) in [6, 6.07) is -0.594. The number of ether oxygens (including phenoxy) is 1. The van der Waals surface area contributed by atoms with Gasteiger partial charge in [0.25, 0.3) is 0 Å². The monoisotopic (exact) mass is 261 g/mol. The Morgan fingerprint density at radius 2 is 2.17 bits per heavy atom. The minimum Gasteiger partial charge on any atom is -0.409 e. The molecule has 2 rings (SSSR count). The molecule has 0 radical (unpaired) electrons. The zero-order chi connectivity index (χ0) is 13.3. The van der Waals surface area contributed by atoms with E-state index >= 15 is 0 Å². The van der Waals surface area contributed by atoms with Gasteiger partial charge in [-0.15, -0.1) is 0 Å². The van der Waals surface area contributed by atoms with E-state index in [2.05, 4.69) is 10.5 Å². The lowest BCUT2D eigenvalue weighted by Crippen LogP contribution is -2.56. The van der Waals surface area contributed by atoms with E-state index in [0.717, 1.165) is 0 Å². The van der Waals surface area contributed by atoms with Crippen molar-refractivity contribution in [3.63, 3.8) is 0 Å². The molecule has 0 aromatic heterocycles. The lowest BCUT2D eigenvalue weighted by Gasteiger charge is -2.33. The van der Waals surface area contributed by atoms with Crippen molar-refractivity contribution in [2.24, 2.45) is 5.16 Å². The van der Waals surface area contributed by atoms with Gasteiger partial charge in [0.1, 0.15) is 18.3 Å². The maximum Gasteiger partial charge on any atom is 0.325 e. The second-order valence-electron chi connectivity index (χ2n) is 4.15. The third-order valence-electron chi connectivity index (χ3n) is 3.05. The molecule has 0 unspecified atom stereocenters. The second kappa shape index (κ2) is 5.06. The Morgan fingerprint density at radius 3 is 2.67 bits per heavy atom. The maximum atomic E-state index is 11.7. The molecule has 0 aliphatic carbocycles. The zero-order valence-electron chi connectivity index (χ0n) is 9.43. The van der Waals surface area contributed by atoms with Crippen LogP contribution in [0.1, 0.15) is 6.42 Å². The summed E-state index contributed by atoms with van der Waals surface area (Å²) in [7, 11) is 0. The number of hydrogen-bond donors (Lipinski definition) is 5. The molecule has 0 aromatic carbocycles. The Balaban J connectivity index is 2.07. The summed E-state index contributed by atoms with van der Waals surface area (Å²) in [4.78, 5) is 12.9. The van der Waals surface area contributed by atoms with E-state index in [1.165, 1.54) is 4.90 Å². The minimum atomic E-state index is -1.29. The van der Waals surface area contributed by atoms with Crippen molar-refractivity contribution in [1.82, 2.24) is 10.2 Å². The van der Waals surface area contributed by atoms with Gasteiger partial charge in [-0.05, 0) is 0 Å². The Kier molecular flexibility index (Phi) is 3.66. The number of aliphatic hydroxyl groups is 3. The van der Waals surface area contributed by atoms with Crippen LogP contribution in [0.25, 0.3) is 0 Å². The first-order valence-corrected chi connectivity index (χ1v) is 5.49. The van der Waals surface area contributed by atoms with Crippen LogP contribution in [0.3, 0.4) is 0 Å². The van der Waals surface area contributed by atoms with Crippen LogP contribution in [0, 0.1) is 0 Å². The first-order chi connectivity index (χ1) is 8.58. The number of nitrogens with zero attached hydrogens (tertiary/aromatic N) is 2. The van der Waals surface area contributed by atoms with Gasteiger partial charge in [0.2, 0.25) is 0 Å². The molecule has 5 N–H and O–H groups in total. The molecule has 2 saturated heterocycles. The number of hydrogen-bond acceptors (Lipinski definition) is 7. The van der Waals surface area contributed by atoms with Gasteiger partial charge in [-0.3, -0.25) is 10.2 Å². The fraction of sp³-hybridized carbons (Fsp3) is 0.778. The van der Waals surface area contributed by atoms with Crippen molar-refractivity contribution in [2.45, 2.75) is 31.0 Å². The van der Waals surface area contributed by atoms with Gasteiger partial charge < -0.3 is 25.3 Å². The Labute approximate surface area is 102 Å². The summed E-state index contributed by atoms with van der Waals surface area (Å²) < 4.78 is 5.23. The predicted octanol–water partition coefficient (Wildman–Crippen LogP) is -2.37. The van der Waals surface area contributed by atoms with Crippen LogP contribution in [-0.2, 0) is 4.74 Å². The number of amidine groups is 1. The molecule has 102 valence electrons. The molecule has 0 saturated carbocycles. The van der Waals surface area contributed by atoms with Crippen LogP contribution in [0.4, 0.5) is 4.79 Å². The average Bonchev–Trinajstić information content (AvgIpc) is 2.66. The van der Waals surface area contributed by atoms with Crippen molar-refractivity contribution < 1.29 is 30.1 Å². The summed E-state index contributed by atoms with van der Waals surface area (Å²) in [6.45, 7) is -0.272. The third-order valence-corrected chi connectivity index (χ3v) is 3.05. The zero-order valence-corrected chi connectivity index (χ0v) is 9.43. The van der Waals surface area contributed by atoms with Gasteiger partial charge in [0.15, 0.2) is 12.1 Å². The summed E-state index contributed by atoms with van der Waals surface area (Å²) >= 11 is 0. The van der Waals surface area contributed by atoms with E-state index in [4.69, 9.17) is 15.1 Å².